The van der Waals surface area contributed by atoms with Crippen molar-refractivity contribution in [3.05, 3.63) is 86.9 Å². The van der Waals surface area contributed by atoms with E-state index in [1.165, 1.54) is 18.2 Å². The lowest BCUT2D eigenvalue weighted by Crippen LogP contribution is -2.36. The first-order chi connectivity index (χ1) is 17.5. The molecule has 198 valence electrons. The average Bonchev–Trinajstić information content (AvgIpc) is 2.85. The normalized spacial score (nSPS) is 11.5. The molecule has 0 heterocycles. The minimum Gasteiger partial charge on any atom is -0.379 e. The molecule has 0 radical (unpaired) electrons. The van der Waals surface area contributed by atoms with Gasteiger partial charge in [-0.15, -0.1) is 0 Å². The van der Waals surface area contributed by atoms with Gasteiger partial charge in [0, 0.05) is 43.0 Å². The molecule has 0 fully saturated rings. The number of hydrogen-bond donors (Lipinski definition) is 0. The van der Waals surface area contributed by atoms with Crippen LogP contribution in [0.15, 0.2) is 65.6 Å². The maximum Gasteiger partial charge on any atom is 0.339 e. The predicted octanol–water partition coefficient (Wildman–Crippen LogP) is 7.31. The van der Waals surface area contributed by atoms with Gasteiger partial charge in [0.05, 0.1) is 20.6 Å². The van der Waals surface area contributed by atoms with Gasteiger partial charge in [0.15, 0.2) is 0 Å². The molecule has 0 spiro atoms. The van der Waals surface area contributed by atoms with Gasteiger partial charge in [-0.25, -0.2) is 0 Å². The minimum absolute atomic E-state index is 0.0970. The summed E-state index contributed by atoms with van der Waals surface area (Å²) in [5.41, 5.74) is 1.68. The number of carbonyl (C=O) groups excluding carboxylic acids is 1. The van der Waals surface area contributed by atoms with Gasteiger partial charge < -0.3 is 14.0 Å². The Morgan fingerprint density at radius 2 is 1.57 bits per heavy atom. The van der Waals surface area contributed by atoms with Crippen LogP contribution in [-0.2, 0) is 16.7 Å². The number of rotatable bonds is 10. The second kappa shape index (κ2) is 12.4. The van der Waals surface area contributed by atoms with Crippen molar-refractivity contribution in [1.82, 2.24) is 4.90 Å². The Kier molecular flexibility index (Phi) is 9.75. The molecule has 3 aromatic carbocycles. The van der Waals surface area contributed by atoms with E-state index in [0.29, 0.717) is 16.1 Å². The third-order valence-corrected chi connectivity index (χ3v) is 8.19. The van der Waals surface area contributed by atoms with Crippen molar-refractivity contribution in [3.8, 4) is 5.75 Å². The molecule has 0 bridgehead atoms. The summed E-state index contributed by atoms with van der Waals surface area (Å²) >= 11 is 18.3. The zero-order valence-electron chi connectivity index (χ0n) is 21.0. The Morgan fingerprint density at radius 1 is 0.892 bits per heavy atom. The fourth-order valence-corrected chi connectivity index (χ4v) is 5.36. The quantitative estimate of drug-likeness (QED) is 0.234. The van der Waals surface area contributed by atoms with Crippen molar-refractivity contribution >= 4 is 56.5 Å². The summed E-state index contributed by atoms with van der Waals surface area (Å²) in [5.74, 6) is -0.153. The summed E-state index contributed by atoms with van der Waals surface area (Å²) in [6, 6.07) is 15.9. The van der Waals surface area contributed by atoms with E-state index in [1.807, 2.05) is 33.8 Å². The van der Waals surface area contributed by atoms with Crippen molar-refractivity contribution in [1.29, 1.82) is 0 Å². The molecule has 0 aliphatic heterocycles. The third-order valence-electron chi connectivity index (χ3n) is 5.89. The van der Waals surface area contributed by atoms with Gasteiger partial charge in [0.25, 0.3) is 5.91 Å². The topological polar surface area (TPSA) is 66.9 Å². The Bertz CT molecular complexity index is 1380. The van der Waals surface area contributed by atoms with E-state index < -0.39 is 10.1 Å². The van der Waals surface area contributed by atoms with Crippen molar-refractivity contribution in [2.45, 2.75) is 45.2 Å². The molecule has 0 aliphatic rings. The molecule has 3 aromatic rings. The van der Waals surface area contributed by atoms with Gasteiger partial charge in [-0.05, 0) is 64.1 Å². The van der Waals surface area contributed by atoms with Gasteiger partial charge in [0.1, 0.15) is 10.6 Å². The highest BCUT2D eigenvalue weighted by atomic mass is 35.5. The summed E-state index contributed by atoms with van der Waals surface area (Å²) < 4.78 is 32.1. The van der Waals surface area contributed by atoms with Crippen molar-refractivity contribution < 1.29 is 17.4 Å². The van der Waals surface area contributed by atoms with Crippen LogP contribution >= 0.6 is 34.8 Å². The predicted molar refractivity (Wildman–Crippen MR) is 151 cm³/mol. The monoisotopic (exact) mass is 582 g/mol. The van der Waals surface area contributed by atoms with Crippen molar-refractivity contribution in [2.24, 2.45) is 0 Å². The molecule has 6 nitrogen and oxygen atoms in total. The Labute approximate surface area is 233 Å². The van der Waals surface area contributed by atoms with Gasteiger partial charge in [0.2, 0.25) is 0 Å². The summed E-state index contributed by atoms with van der Waals surface area (Å²) in [4.78, 5) is 17.0. The highest BCUT2D eigenvalue weighted by Gasteiger charge is 2.25. The number of benzene rings is 3. The van der Waals surface area contributed by atoms with E-state index >= 15 is 0 Å². The van der Waals surface area contributed by atoms with Gasteiger partial charge in [-0.2, -0.15) is 8.42 Å². The van der Waals surface area contributed by atoms with Gasteiger partial charge in [-0.1, -0.05) is 53.0 Å². The lowest BCUT2D eigenvalue weighted by atomic mass is 10.1. The smallest absolute Gasteiger partial charge is 0.339 e. The van der Waals surface area contributed by atoms with E-state index in [9.17, 15) is 13.2 Å². The Morgan fingerprint density at radius 3 is 2.16 bits per heavy atom. The van der Waals surface area contributed by atoms with Crippen LogP contribution in [0.2, 0.25) is 15.1 Å². The van der Waals surface area contributed by atoms with Crippen molar-refractivity contribution in [2.75, 3.05) is 18.0 Å². The van der Waals surface area contributed by atoms with Crippen LogP contribution in [0.25, 0.3) is 0 Å². The summed E-state index contributed by atoms with van der Waals surface area (Å²) in [6.07, 6.45) is 0. The molecule has 0 saturated heterocycles. The van der Waals surface area contributed by atoms with E-state index in [4.69, 9.17) is 39.0 Å². The number of nitrogens with zero attached hydrogens (tertiary/aromatic N) is 2. The second-order valence-electron chi connectivity index (χ2n) is 8.58. The molecule has 0 atom stereocenters. The van der Waals surface area contributed by atoms with Crippen LogP contribution in [0, 0.1) is 0 Å². The highest BCUT2D eigenvalue weighted by Crippen LogP contribution is 2.32. The Hall–Kier alpha value is -2.45. The molecule has 0 N–H and O–H groups in total. The summed E-state index contributed by atoms with van der Waals surface area (Å²) in [5, 5.41) is 0.670. The van der Waals surface area contributed by atoms with E-state index in [2.05, 4.69) is 4.90 Å². The summed E-state index contributed by atoms with van der Waals surface area (Å²) in [6.45, 7) is 9.32. The standard InChI is InChI=1S/C27H29Cl3N2O4S/c1-5-31(6-2)20-12-11-19(17-32(18(3)4)27(33)22-9-7-8-10-23(22)28)26(15-20)36-37(34,35)21-13-14-24(29)25(30)16-21/h7-16,18H,5-6,17H2,1-4H3. The largest absolute Gasteiger partial charge is 0.379 e. The van der Waals surface area contributed by atoms with Crippen LogP contribution < -0.4 is 9.08 Å². The summed E-state index contributed by atoms with van der Waals surface area (Å²) in [7, 11) is -4.25. The molecule has 1 amide bonds. The highest BCUT2D eigenvalue weighted by molar-refractivity contribution is 7.87. The maximum atomic E-state index is 13.4. The van der Waals surface area contributed by atoms with E-state index in [-0.39, 0.29) is 39.2 Å². The minimum atomic E-state index is -4.25. The van der Waals surface area contributed by atoms with Crippen molar-refractivity contribution in [3.63, 3.8) is 0 Å². The number of amides is 1. The first-order valence-corrected chi connectivity index (χ1v) is 14.4. The zero-order valence-corrected chi connectivity index (χ0v) is 24.1. The number of carbonyl (C=O) groups is 1. The van der Waals surface area contributed by atoms with Gasteiger partial charge >= 0.3 is 10.1 Å². The third kappa shape index (κ3) is 6.90. The molecular weight excluding hydrogens is 555 g/mol. The molecule has 0 aromatic heterocycles. The number of halogens is 3. The first-order valence-electron chi connectivity index (χ1n) is 11.8. The van der Waals surface area contributed by atoms with Crippen LogP contribution in [0.3, 0.4) is 0 Å². The van der Waals surface area contributed by atoms with Crippen LogP contribution in [0.1, 0.15) is 43.6 Å². The number of hydrogen-bond acceptors (Lipinski definition) is 5. The van der Waals surface area contributed by atoms with Crippen LogP contribution in [-0.4, -0.2) is 38.4 Å². The Balaban J connectivity index is 2.06. The fraction of sp³-hybridized carbons (Fsp3) is 0.296. The average molecular weight is 584 g/mol. The lowest BCUT2D eigenvalue weighted by molar-refractivity contribution is 0.0690. The molecule has 0 unspecified atom stereocenters. The zero-order chi connectivity index (χ0) is 27.3. The lowest BCUT2D eigenvalue weighted by Gasteiger charge is -2.29. The van der Waals surface area contributed by atoms with Crippen LogP contribution in [0.4, 0.5) is 5.69 Å². The molecular formula is C27H29Cl3N2O4S. The number of anilines is 1. The SMILES string of the molecule is CCN(CC)c1ccc(CN(C(=O)c2ccccc2Cl)C(C)C)c(OS(=O)(=O)c2ccc(Cl)c(Cl)c2)c1. The van der Waals surface area contributed by atoms with Crippen LogP contribution in [0.5, 0.6) is 5.75 Å². The second-order valence-corrected chi connectivity index (χ2v) is 11.4. The molecule has 10 heteroatoms. The molecule has 0 aliphatic carbocycles. The fourth-order valence-electron chi connectivity index (χ4n) is 3.80. The first kappa shape index (κ1) is 29.1. The molecule has 37 heavy (non-hydrogen) atoms. The molecule has 0 saturated carbocycles. The van der Waals surface area contributed by atoms with E-state index in [1.54, 1.807) is 41.3 Å². The molecule has 3 rings (SSSR count). The maximum absolute atomic E-state index is 13.4. The van der Waals surface area contributed by atoms with E-state index in [0.717, 1.165) is 18.8 Å². The van der Waals surface area contributed by atoms with Gasteiger partial charge in [-0.3, -0.25) is 4.79 Å².